The summed E-state index contributed by atoms with van der Waals surface area (Å²) in [7, 11) is -3.65. The van der Waals surface area contributed by atoms with Crippen LogP contribution < -0.4 is 10.6 Å². The molecule has 0 radical (unpaired) electrons. The topological polar surface area (TPSA) is 92.3 Å². The van der Waals surface area contributed by atoms with Crippen molar-refractivity contribution in [3.63, 3.8) is 0 Å². The first-order valence-corrected chi connectivity index (χ1v) is 11.6. The number of carbonyl (C=O) groups excluding carboxylic acids is 2. The van der Waals surface area contributed by atoms with E-state index in [2.05, 4.69) is 10.6 Å². The van der Waals surface area contributed by atoms with Crippen LogP contribution in [0.25, 0.3) is 0 Å². The van der Waals surface area contributed by atoms with E-state index in [1.807, 2.05) is 26.0 Å². The minimum absolute atomic E-state index is 0.102. The molecule has 0 saturated heterocycles. The van der Waals surface area contributed by atoms with Gasteiger partial charge in [-0.05, 0) is 37.3 Å². The lowest BCUT2D eigenvalue weighted by Gasteiger charge is -2.10. The van der Waals surface area contributed by atoms with Crippen molar-refractivity contribution >= 4 is 44.8 Å². The van der Waals surface area contributed by atoms with Gasteiger partial charge >= 0.3 is 0 Å². The van der Waals surface area contributed by atoms with E-state index in [4.69, 9.17) is 0 Å². The number of rotatable bonds is 5. The minimum atomic E-state index is -3.65. The van der Waals surface area contributed by atoms with Gasteiger partial charge in [-0.2, -0.15) is 0 Å². The monoisotopic (exact) mass is 418 g/mol. The SMILES string of the molecule is Cc1ccc(NC(=O)CCS(=O)(=O)c2ccc3c(c2)NC(=O)C(C)CS3)cc1. The largest absolute Gasteiger partial charge is 0.326 e. The number of benzene rings is 2. The predicted molar refractivity (Wildman–Crippen MR) is 111 cm³/mol. The van der Waals surface area contributed by atoms with E-state index in [0.717, 1.165) is 10.5 Å². The average Bonchev–Trinajstić information content (AvgIpc) is 2.80. The smallest absolute Gasteiger partial charge is 0.228 e. The van der Waals surface area contributed by atoms with E-state index in [-0.39, 0.29) is 34.8 Å². The Kier molecular flexibility index (Phi) is 6.10. The van der Waals surface area contributed by atoms with Crippen LogP contribution in [-0.2, 0) is 19.4 Å². The Hall–Kier alpha value is -2.32. The summed E-state index contributed by atoms with van der Waals surface area (Å²) in [6.45, 7) is 3.78. The van der Waals surface area contributed by atoms with Gasteiger partial charge in [-0.1, -0.05) is 24.6 Å². The van der Waals surface area contributed by atoms with Crippen LogP contribution in [0.1, 0.15) is 18.9 Å². The van der Waals surface area contributed by atoms with E-state index >= 15 is 0 Å². The Morgan fingerprint density at radius 2 is 1.93 bits per heavy atom. The van der Waals surface area contributed by atoms with E-state index in [9.17, 15) is 18.0 Å². The number of sulfone groups is 1. The highest BCUT2D eigenvalue weighted by molar-refractivity contribution is 7.99. The fourth-order valence-electron chi connectivity index (χ4n) is 2.68. The maximum atomic E-state index is 12.7. The number of carbonyl (C=O) groups is 2. The maximum absolute atomic E-state index is 12.7. The fourth-order valence-corrected chi connectivity index (χ4v) is 4.95. The third-order valence-corrected chi connectivity index (χ3v) is 7.49. The van der Waals surface area contributed by atoms with E-state index in [0.29, 0.717) is 17.1 Å². The molecule has 0 saturated carbocycles. The molecule has 0 bridgehead atoms. The number of hydrogen-bond acceptors (Lipinski definition) is 5. The number of amides is 2. The second-order valence-corrected chi connectivity index (χ2v) is 10.0. The number of nitrogens with one attached hydrogen (secondary N) is 2. The van der Waals surface area contributed by atoms with Gasteiger partial charge in [0.15, 0.2) is 9.84 Å². The van der Waals surface area contributed by atoms with Gasteiger partial charge in [0.25, 0.3) is 0 Å². The minimum Gasteiger partial charge on any atom is -0.326 e. The van der Waals surface area contributed by atoms with Crippen LogP contribution >= 0.6 is 11.8 Å². The molecule has 0 aliphatic carbocycles. The highest BCUT2D eigenvalue weighted by Crippen LogP contribution is 2.34. The summed E-state index contributed by atoms with van der Waals surface area (Å²) >= 11 is 1.52. The van der Waals surface area contributed by atoms with Crippen molar-refractivity contribution < 1.29 is 18.0 Å². The maximum Gasteiger partial charge on any atom is 0.228 e. The van der Waals surface area contributed by atoms with Crippen molar-refractivity contribution in [2.75, 3.05) is 22.1 Å². The van der Waals surface area contributed by atoms with Crippen LogP contribution in [0.15, 0.2) is 52.3 Å². The van der Waals surface area contributed by atoms with Crippen LogP contribution in [0, 0.1) is 12.8 Å². The zero-order valence-electron chi connectivity index (χ0n) is 15.7. The molecule has 0 spiro atoms. The quantitative estimate of drug-likeness (QED) is 0.776. The number of aryl methyl sites for hydroxylation is 1. The molecule has 1 heterocycles. The Balaban J connectivity index is 1.67. The van der Waals surface area contributed by atoms with Crippen LogP contribution in [0.2, 0.25) is 0 Å². The molecular formula is C20H22N2O4S2. The van der Waals surface area contributed by atoms with Crippen LogP contribution in [0.4, 0.5) is 11.4 Å². The molecular weight excluding hydrogens is 396 g/mol. The third-order valence-electron chi connectivity index (χ3n) is 4.44. The van der Waals surface area contributed by atoms with Crippen molar-refractivity contribution in [2.24, 2.45) is 5.92 Å². The Labute approximate surface area is 169 Å². The number of anilines is 2. The second-order valence-electron chi connectivity index (χ2n) is 6.84. The molecule has 3 rings (SSSR count). The summed E-state index contributed by atoms with van der Waals surface area (Å²) in [4.78, 5) is 25.1. The van der Waals surface area contributed by atoms with Crippen molar-refractivity contribution in [2.45, 2.75) is 30.1 Å². The molecule has 6 nitrogen and oxygen atoms in total. The van der Waals surface area contributed by atoms with Gasteiger partial charge in [0.2, 0.25) is 11.8 Å². The summed E-state index contributed by atoms with van der Waals surface area (Å²) in [5.74, 6) is -0.300. The van der Waals surface area contributed by atoms with E-state index < -0.39 is 9.84 Å². The van der Waals surface area contributed by atoms with Gasteiger partial charge in [0.05, 0.1) is 16.3 Å². The number of fused-ring (bicyclic) bond motifs is 1. The van der Waals surface area contributed by atoms with Crippen molar-refractivity contribution in [3.8, 4) is 0 Å². The summed E-state index contributed by atoms with van der Waals surface area (Å²) in [5.41, 5.74) is 2.21. The normalized spacial score (nSPS) is 16.6. The summed E-state index contributed by atoms with van der Waals surface area (Å²) in [5, 5.41) is 5.48. The lowest BCUT2D eigenvalue weighted by atomic mass is 10.2. The Morgan fingerprint density at radius 1 is 1.21 bits per heavy atom. The summed E-state index contributed by atoms with van der Waals surface area (Å²) in [6.07, 6.45) is -0.147. The molecule has 1 atom stereocenters. The first kappa shape index (κ1) is 20.4. The third kappa shape index (κ3) is 4.94. The molecule has 0 aromatic heterocycles. The molecule has 0 fully saturated rings. The molecule has 8 heteroatoms. The summed E-state index contributed by atoms with van der Waals surface area (Å²) < 4.78 is 25.3. The molecule has 148 valence electrons. The Morgan fingerprint density at radius 3 is 2.64 bits per heavy atom. The molecule has 28 heavy (non-hydrogen) atoms. The highest BCUT2D eigenvalue weighted by Gasteiger charge is 2.23. The predicted octanol–water partition coefficient (Wildman–Crippen LogP) is 3.48. The average molecular weight is 419 g/mol. The van der Waals surface area contributed by atoms with Gasteiger partial charge in [-0.15, -0.1) is 11.8 Å². The lowest BCUT2D eigenvalue weighted by molar-refractivity contribution is -0.118. The van der Waals surface area contributed by atoms with Gasteiger partial charge in [-0.3, -0.25) is 9.59 Å². The molecule has 2 aromatic carbocycles. The zero-order valence-corrected chi connectivity index (χ0v) is 17.3. The van der Waals surface area contributed by atoms with Gasteiger partial charge in [-0.25, -0.2) is 8.42 Å². The summed E-state index contributed by atoms with van der Waals surface area (Å²) in [6, 6.07) is 12.0. The van der Waals surface area contributed by atoms with Crippen LogP contribution in [-0.4, -0.2) is 31.7 Å². The van der Waals surface area contributed by atoms with E-state index in [1.165, 1.54) is 23.9 Å². The molecule has 2 aromatic rings. The van der Waals surface area contributed by atoms with Crippen molar-refractivity contribution in [1.82, 2.24) is 0 Å². The number of thioether (sulfide) groups is 1. The van der Waals surface area contributed by atoms with Gasteiger partial charge in [0.1, 0.15) is 0 Å². The molecule has 1 unspecified atom stereocenters. The van der Waals surface area contributed by atoms with Gasteiger partial charge < -0.3 is 10.6 Å². The van der Waals surface area contributed by atoms with Crippen molar-refractivity contribution in [3.05, 3.63) is 48.0 Å². The molecule has 1 aliphatic heterocycles. The zero-order chi connectivity index (χ0) is 20.3. The lowest BCUT2D eigenvalue weighted by Crippen LogP contribution is -2.20. The fraction of sp³-hybridized carbons (Fsp3) is 0.300. The molecule has 2 N–H and O–H groups in total. The first-order valence-electron chi connectivity index (χ1n) is 8.91. The second kappa shape index (κ2) is 8.36. The van der Waals surface area contributed by atoms with Gasteiger partial charge in [0, 0.05) is 28.7 Å². The van der Waals surface area contributed by atoms with Crippen molar-refractivity contribution in [1.29, 1.82) is 0 Å². The highest BCUT2D eigenvalue weighted by atomic mass is 32.2. The Bertz CT molecular complexity index is 1000. The number of hydrogen-bond donors (Lipinski definition) is 2. The first-order chi connectivity index (χ1) is 13.2. The molecule has 1 aliphatic rings. The molecule has 2 amide bonds. The standard InChI is InChI=1S/C20H22N2O4S2/c1-13-3-5-15(6-4-13)21-19(23)9-10-28(25,26)16-7-8-18-17(11-16)22-20(24)14(2)12-27-18/h3-8,11,14H,9-10,12H2,1-2H3,(H,21,23)(H,22,24). The van der Waals surface area contributed by atoms with E-state index in [1.54, 1.807) is 18.2 Å². The van der Waals surface area contributed by atoms with Crippen LogP contribution in [0.5, 0.6) is 0 Å². The van der Waals surface area contributed by atoms with Crippen LogP contribution in [0.3, 0.4) is 0 Å².